The maximum absolute atomic E-state index is 13.4. The summed E-state index contributed by atoms with van der Waals surface area (Å²) in [6.07, 6.45) is -13.6. The van der Waals surface area contributed by atoms with Crippen molar-refractivity contribution in [3.05, 3.63) is 0 Å². The molecular formula is C26H38F3N2O16P. The Bertz CT molecular complexity index is 1170. The summed E-state index contributed by atoms with van der Waals surface area (Å²) in [5.74, 6) is -11.7. The molecule has 1 heterocycles. The SMILES string of the molecule is CCOP(OCC)O[C@@]1(C(=O)OC)C[C@H](OC(C)=O)[C@@H](NC(=O)CNC(=O)C(F)(F)F)[C@H]([C@H](OC(C)=O)[C@@H](COC(C)=O)OC(C)=O)O1. The van der Waals surface area contributed by atoms with E-state index in [9.17, 15) is 46.7 Å². The van der Waals surface area contributed by atoms with Crippen molar-refractivity contribution in [3.8, 4) is 0 Å². The molecule has 0 radical (unpaired) electrons. The van der Waals surface area contributed by atoms with Gasteiger partial charge in [-0.3, -0.25) is 33.3 Å². The van der Waals surface area contributed by atoms with Crippen molar-refractivity contribution in [2.75, 3.05) is 33.5 Å². The average Bonchev–Trinajstić information content (AvgIpc) is 2.96. The van der Waals surface area contributed by atoms with Crippen LogP contribution >= 0.6 is 8.60 Å². The van der Waals surface area contributed by atoms with Gasteiger partial charge in [0.1, 0.15) is 18.8 Å². The molecule has 0 aromatic carbocycles. The number of carbonyl (C=O) groups excluding carboxylic acids is 7. The van der Waals surface area contributed by atoms with E-state index >= 15 is 0 Å². The van der Waals surface area contributed by atoms with Gasteiger partial charge in [-0.25, -0.2) is 4.79 Å². The number of esters is 5. The molecule has 1 aliphatic rings. The number of alkyl halides is 3. The molecule has 1 saturated heterocycles. The van der Waals surface area contributed by atoms with Crippen LogP contribution in [0.5, 0.6) is 0 Å². The van der Waals surface area contributed by atoms with Gasteiger partial charge in [0.25, 0.3) is 5.79 Å². The molecule has 1 aliphatic heterocycles. The van der Waals surface area contributed by atoms with Gasteiger partial charge in [-0.2, -0.15) is 13.2 Å². The smallest absolute Gasteiger partial charge is 0.465 e. The fourth-order valence-corrected chi connectivity index (χ4v) is 5.21. The van der Waals surface area contributed by atoms with Crippen molar-refractivity contribution in [3.63, 3.8) is 0 Å². The second-order valence-electron chi connectivity index (χ2n) is 9.63. The van der Waals surface area contributed by atoms with E-state index in [4.69, 9.17) is 42.0 Å². The molecule has 1 fully saturated rings. The van der Waals surface area contributed by atoms with Crippen LogP contribution in [-0.4, -0.2) is 118 Å². The first-order valence-corrected chi connectivity index (χ1v) is 15.2. The molecule has 1 rings (SSSR count). The summed E-state index contributed by atoms with van der Waals surface area (Å²) in [4.78, 5) is 86.1. The van der Waals surface area contributed by atoms with E-state index in [1.807, 2.05) is 0 Å². The largest absolute Gasteiger partial charge is 0.471 e. The van der Waals surface area contributed by atoms with Gasteiger partial charge in [0, 0.05) is 27.7 Å². The van der Waals surface area contributed by atoms with E-state index in [1.54, 1.807) is 13.8 Å². The highest BCUT2D eigenvalue weighted by Crippen LogP contribution is 2.49. The number of rotatable bonds is 17. The lowest BCUT2D eigenvalue weighted by Gasteiger charge is -2.48. The van der Waals surface area contributed by atoms with Crippen LogP contribution in [0.3, 0.4) is 0 Å². The Morgan fingerprint density at radius 3 is 1.96 bits per heavy atom. The maximum atomic E-state index is 13.4. The Morgan fingerprint density at radius 2 is 1.50 bits per heavy atom. The highest BCUT2D eigenvalue weighted by atomic mass is 31.2. The van der Waals surface area contributed by atoms with Crippen LogP contribution in [0.25, 0.3) is 0 Å². The van der Waals surface area contributed by atoms with E-state index in [-0.39, 0.29) is 13.2 Å². The van der Waals surface area contributed by atoms with Crippen LogP contribution in [-0.2, 0) is 75.6 Å². The molecule has 6 atom stereocenters. The molecule has 48 heavy (non-hydrogen) atoms. The van der Waals surface area contributed by atoms with Crippen molar-refractivity contribution in [2.45, 2.75) is 90.4 Å². The molecule has 0 unspecified atom stereocenters. The van der Waals surface area contributed by atoms with Crippen LogP contribution in [0.15, 0.2) is 0 Å². The van der Waals surface area contributed by atoms with Crippen molar-refractivity contribution in [1.29, 1.82) is 0 Å². The quantitative estimate of drug-likeness (QED) is 0.118. The minimum absolute atomic E-state index is 0.00489. The zero-order valence-electron chi connectivity index (χ0n) is 27.0. The van der Waals surface area contributed by atoms with E-state index in [2.05, 4.69) is 5.32 Å². The molecule has 0 bridgehead atoms. The summed E-state index contributed by atoms with van der Waals surface area (Å²) >= 11 is 0. The van der Waals surface area contributed by atoms with Gasteiger partial charge < -0.3 is 48.1 Å². The van der Waals surface area contributed by atoms with E-state index in [1.165, 1.54) is 5.32 Å². The predicted molar refractivity (Wildman–Crippen MR) is 150 cm³/mol. The molecule has 0 aromatic rings. The fraction of sp³-hybridized carbons (Fsp3) is 0.731. The number of amides is 2. The molecule has 0 aromatic heterocycles. The van der Waals surface area contributed by atoms with Gasteiger partial charge >= 0.3 is 50.5 Å². The lowest BCUT2D eigenvalue weighted by Crippen LogP contribution is -2.69. The number of ether oxygens (including phenoxy) is 6. The number of hydrogen-bond donors (Lipinski definition) is 2. The first-order valence-electron chi connectivity index (χ1n) is 14.1. The third-order valence-corrected chi connectivity index (χ3v) is 7.19. The topological polar surface area (TPSA) is 227 Å². The normalized spacial score (nSPS) is 22.0. The highest BCUT2D eigenvalue weighted by molar-refractivity contribution is 7.41. The fourth-order valence-electron chi connectivity index (χ4n) is 4.18. The molecule has 274 valence electrons. The second-order valence-corrected chi connectivity index (χ2v) is 10.8. The first-order chi connectivity index (χ1) is 22.3. The Balaban J connectivity index is 3.96. The number of hydrogen-bond acceptors (Lipinski definition) is 16. The third kappa shape index (κ3) is 13.5. The Kier molecular flexibility index (Phi) is 17.1. The van der Waals surface area contributed by atoms with Crippen molar-refractivity contribution >= 4 is 50.3 Å². The van der Waals surface area contributed by atoms with Crippen LogP contribution in [0.1, 0.15) is 48.0 Å². The second kappa shape index (κ2) is 19.4. The molecule has 0 spiro atoms. The minimum Gasteiger partial charge on any atom is -0.465 e. The standard InChI is InChI=1S/C26H38F3N2O16P/c1-8-41-48(42-9-2)47-25(24(38)39-7)10-17(43-14(4)33)20(31-19(36)11-30-23(37)26(27,28)29)22(46-25)21(45-16(6)35)18(44-15(5)34)12-40-13(3)32/h17-18,20-22H,8-12H2,1-7H3,(H,30,37)(H,31,36)/t17-,18+,20+,21+,22+,25+/m0/s1. The van der Waals surface area contributed by atoms with Gasteiger partial charge in [-0.15, -0.1) is 0 Å². The summed E-state index contributed by atoms with van der Waals surface area (Å²) in [6.45, 7) is 4.83. The number of halogens is 3. The van der Waals surface area contributed by atoms with E-state index in [0.29, 0.717) is 0 Å². The Labute approximate surface area is 273 Å². The molecule has 18 nitrogen and oxygen atoms in total. The van der Waals surface area contributed by atoms with Crippen molar-refractivity contribution in [2.24, 2.45) is 0 Å². The lowest BCUT2D eigenvalue weighted by atomic mass is 9.88. The van der Waals surface area contributed by atoms with E-state index < -0.39 is 112 Å². The molecule has 2 amide bonds. The number of carbonyl (C=O) groups is 7. The number of methoxy groups -OCH3 is 1. The van der Waals surface area contributed by atoms with Gasteiger partial charge in [-0.1, -0.05) is 0 Å². The summed E-state index contributed by atoms with van der Waals surface area (Å²) in [7, 11) is -1.50. The molecule has 0 aliphatic carbocycles. The summed E-state index contributed by atoms with van der Waals surface area (Å²) in [5, 5.41) is 3.59. The van der Waals surface area contributed by atoms with E-state index in [0.717, 1.165) is 34.8 Å². The summed E-state index contributed by atoms with van der Waals surface area (Å²) < 4.78 is 86.9. The zero-order valence-corrected chi connectivity index (χ0v) is 27.9. The van der Waals surface area contributed by atoms with Crippen molar-refractivity contribution < 1.29 is 88.7 Å². The molecule has 2 N–H and O–H groups in total. The van der Waals surface area contributed by atoms with Crippen LogP contribution in [0.2, 0.25) is 0 Å². The third-order valence-electron chi connectivity index (χ3n) is 5.81. The monoisotopic (exact) mass is 722 g/mol. The lowest BCUT2D eigenvalue weighted by molar-refractivity contribution is -0.291. The number of nitrogens with one attached hydrogen (secondary N) is 2. The minimum atomic E-state index is -5.34. The predicted octanol–water partition coefficient (Wildman–Crippen LogP) is 0.483. The maximum Gasteiger partial charge on any atom is 0.471 e. The summed E-state index contributed by atoms with van der Waals surface area (Å²) in [5.41, 5.74) is 0. The van der Waals surface area contributed by atoms with Crippen molar-refractivity contribution in [1.82, 2.24) is 10.6 Å². The first kappa shape index (κ1) is 42.4. The van der Waals surface area contributed by atoms with Gasteiger partial charge in [-0.05, 0) is 13.8 Å². The molecular weight excluding hydrogens is 684 g/mol. The van der Waals surface area contributed by atoms with Crippen LogP contribution in [0, 0.1) is 0 Å². The zero-order chi connectivity index (χ0) is 36.8. The summed E-state index contributed by atoms with van der Waals surface area (Å²) in [6, 6.07) is -1.77. The molecule has 22 heteroatoms. The highest BCUT2D eigenvalue weighted by Gasteiger charge is 2.60. The average molecular weight is 723 g/mol. The van der Waals surface area contributed by atoms with Gasteiger partial charge in [0.2, 0.25) is 5.91 Å². The van der Waals surface area contributed by atoms with Crippen LogP contribution in [0.4, 0.5) is 13.2 Å². The van der Waals surface area contributed by atoms with Gasteiger partial charge in [0.05, 0.1) is 39.3 Å². The Hall–Kier alpha value is -3.65. The molecule has 0 saturated carbocycles. The Morgan fingerprint density at radius 1 is 0.917 bits per heavy atom. The van der Waals surface area contributed by atoms with Gasteiger partial charge in [0.15, 0.2) is 12.2 Å². The van der Waals surface area contributed by atoms with Crippen LogP contribution < -0.4 is 10.6 Å².